The van der Waals surface area contributed by atoms with Crippen molar-refractivity contribution in [3.05, 3.63) is 72.9 Å². The maximum atomic E-state index is 12.3. The SMILES string of the molecule is CC(Sc1ccccn1)C(=O)NCc1cccc(-n2ccnc2)c1. The van der Waals surface area contributed by atoms with E-state index in [4.69, 9.17) is 0 Å². The quantitative estimate of drug-likeness (QED) is 0.702. The molecule has 0 aliphatic carbocycles. The Morgan fingerprint density at radius 3 is 2.92 bits per heavy atom. The highest BCUT2D eigenvalue weighted by Gasteiger charge is 2.14. The molecule has 3 aromatic rings. The van der Waals surface area contributed by atoms with Crippen molar-refractivity contribution in [3.63, 3.8) is 0 Å². The summed E-state index contributed by atoms with van der Waals surface area (Å²) in [5, 5.41) is 3.63. The van der Waals surface area contributed by atoms with E-state index in [1.54, 1.807) is 18.7 Å². The Kier molecular flexibility index (Phi) is 5.28. The molecule has 2 aromatic heterocycles. The second-order valence-corrected chi connectivity index (χ2v) is 6.65. The lowest BCUT2D eigenvalue weighted by Gasteiger charge is -2.12. The van der Waals surface area contributed by atoms with Gasteiger partial charge in [0.15, 0.2) is 0 Å². The highest BCUT2D eigenvalue weighted by atomic mass is 32.2. The zero-order valence-corrected chi connectivity index (χ0v) is 14.1. The van der Waals surface area contributed by atoms with Crippen LogP contribution in [0.1, 0.15) is 12.5 Å². The molecular formula is C18H18N4OS. The van der Waals surface area contributed by atoms with Crippen molar-refractivity contribution in [1.82, 2.24) is 19.9 Å². The van der Waals surface area contributed by atoms with E-state index in [0.717, 1.165) is 16.3 Å². The van der Waals surface area contributed by atoms with Gasteiger partial charge >= 0.3 is 0 Å². The number of imidazole rings is 1. The summed E-state index contributed by atoms with van der Waals surface area (Å²) in [5.74, 6) is -0.00122. The van der Waals surface area contributed by atoms with Gasteiger partial charge in [-0.3, -0.25) is 4.79 Å². The Labute approximate surface area is 145 Å². The van der Waals surface area contributed by atoms with E-state index < -0.39 is 0 Å². The first-order valence-electron chi connectivity index (χ1n) is 7.65. The highest BCUT2D eigenvalue weighted by Crippen LogP contribution is 2.20. The van der Waals surface area contributed by atoms with Gasteiger partial charge in [-0.15, -0.1) is 0 Å². The Balaban J connectivity index is 1.57. The minimum Gasteiger partial charge on any atom is -0.351 e. The van der Waals surface area contributed by atoms with Crippen molar-refractivity contribution in [2.24, 2.45) is 0 Å². The zero-order valence-electron chi connectivity index (χ0n) is 13.3. The van der Waals surface area contributed by atoms with E-state index in [1.807, 2.05) is 60.2 Å². The number of aromatic nitrogens is 3. The second kappa shape index (κ2) is 7.79. The molecular weight excluding hydrogens is 320 g/mol. The molecule has 0 saturated carbocycles. The van der Waals surface area contributed by atoms with Crippen LogP contribution in [0.15, 0.2) is 72.4 Å². The van der Waals surface area contributed by atoms with E-state index in [-0.39, 0.29) is 11.2 Å². The maximum Gasteiger partial charge on any atom is 0.233 e. The molecule has 1 amide bonds. The number of benzene rings is 1. The van der Waals surface area contributed by atoms with Gasteiger partial charge < -0.3 is 9.88 Å². The number of nitrogens with one attached hydrogen (secondary N) is 1. The largest absolute Gasteiger partial charge is 0.351 e. The highest BCUT2D eigenvalue weighted by molar-refractivity contribution is 8.00. The molecule has 1 unspecified atom stereocenters. The average molecular weight is 338 g/mol. The van der Waals surface area contributed by atoms with E-state index in [1.165, 1.54) is 11.8 Å². The van der Waals surface area contributed by atoms with Crippen LogP contribution in [0.2, 0.25) is 0 Å². The molecule has 0 fully saturated rings. The van der Waals surface area contributed by atoms with Crippen LogP contribution in [-0.2, 0) is 11.3 Å². The summed E-state index contributed by atoms with van der Waals surface area (Å²) in [4.78, 5) is 20.5. The van der Waals surface area contributed by atoms with Crippen LogP contribution in [-0.4, -0.2) is 25.7 Å². The number of hydrogen-bond donors (Lipinski definition) is 1. The van der Waals surface area contributed by atoms with Crippen molar-refractivity contribution < 1.29 is 4.79 Å². The third-order valence-corrected chi connectivity index (χ3v) is 4.53. The zero-order chi connectivity index (χ0) is 16.8. The normalized spacial score (nSPS) is 11.9. The molecule has 0 bridgehead atoms. The van der Waals surface area contributed by atoms with Crippen LogP contribution in [0, 0.1) is 0 Å². The Hall–Kier alpha value is -2.60. The predicted molar refractivity (Wildman–Crippen MR) is 95.0 cm³/mol. The van der Waals surface area contributed by atoms with Crippen LogP contribution in [0.4, 0.5) is 0 Å². The van der Waals surface area contributed by atoms with Crippen molar-refractivity contribution in [3.8, 4) is 5.69 Å². The molecule has 6 heteroatoms. The van der Waals surface area contributed by atoms with Gasteiger partial charge in [-0.05, 0) is 36.8 Å². The fourth-order valence-corrected chi connectivity index (χ4v) is 3.05. The topological polar surface area (TPSA) is 59.8 Å². The number of nitrogens with zero attached hydrogens (tertiary/aromatic N) is 3. The number of rotatable bonds is 6. The lowest BCUT2D eigenvalue weighted by atomic mass is 10.2. The standard InChI is InChI=1S/C18H18N4OS/c1-14(24-17-7-2-3-8-20-17)18(23)21-12-15-5-4-6-16(11-15)22-10-9-19-13-22/h2-11,13-14H,12H2,1H3,(H,21,23). The fraction of sp³-hybridized carbons (Fsp3) is 0.167. The van der Waals surface area contributed by atoms with Gasteiger partial charge in [0.05, 0.1) is 16.6 Å². The van der Waals surface area contributed by atoms with Gasteiger partial charge in [0, 0.05) is 30.8 Å². The summed E-state index contributed by atoms with van der Waals surface area (Å²) in [7, 11) is 0. The van der Waals surface area contributed by atoms with Crippen molar-refractivity contribution >= 4 is 17.7 Å². The summed E-state index contributed by atoms with van der Waals surface area (Å²) >= 11 is 1.45. The molecule has 0 spiro atoms. The number of thioether (sulfide) groups is 1. The molecule has 5 nitrogen and oxygen atoms in total. The number of carbonyl (C=O) groups is 1. The molecule has 0 aliphatic rings. The molecule has 0 aliphatic heterocycles. The van der Waals surface area contributed by atoms with Crippen LogP contribution in [0.25, 0.3) is 5.69 Å². The monoisotopic (exact) mass is 338 g/mol. The van der Waals surface area contributed by atoms with Gasteiger partial charge in [-0.1, -0.05) is 30.0 Å². The summed E-state index contributed by atoms with van der Waals surface area (Å²) in [6.07, 6.45) is 7.12. The van der Waals surface area contributed by atoms with Crippen LogP contribution in [0.3, 0.4) is 0 Å². The lowest BCUT2D eigenvalue weighted by molar-refractivity contribution is -0.120. The second-order valence-electron chi connectivity index (χ2n) is 5.29. The third-order valence-electron chi connectivity index (χ3n) is 3.48. The summed E-state index contributed by atoms with van der Waals surface area (Å²) in [6.45, 7) is 2.38. The molecule has 0 radical (unpaired) electrons. The first kappa shape index (κ1) is 16.3. The number of amides is 1. The summed E-state index contributed by atoms with van der Waals surface area (Å²) in [5.41, 5.74) is 2.07. The molecule has 1 aromatic carbocycles. The number of hydrogen-bond acceptors (Lipinski definition) is 4. The molecule has 0 saturated heterocycles. The first-order valence-corrected chi connectivity index (χ1v) is 8.53. The van der Waals surface area contributed by atoms with Crippen molar-refractivity contribution in [2.75, 3.05) is 0 Å². The van der Waals surface area contributed by atoms with Crippen molar-refractivity contribution in [2.45, 2.75) is 23.7 Å². The minimum atomic E-state index is -0.197. The van der Waals surface area contributed by atoms with Gasteiger partial charge in [0.1, 0.15) is 0 Å². The molecule has 1 N–H and O–H groups in total. The third kappa shape index (κ3) is 4.23. The maximum absolute atomic E-state index is 12.3. The number of carbonyl (C=O) groups excluding carboxylic acids is 1. The first-order chi connectivity index (χ1) is 11.7. The Morgan fingerprint density at radius 1 is 1.25 bits per heavy atom. The average Bonchev–Trinajstić information content (AvgIpc) is 3.15. The van der Waals surface area contributed by atoms with Crippen LogP contribution in [0.5, 0.6) is 0 Å². The Bertz CT molecular complexity index is 790. The molecule has 3 rings (SSSR count). The predicted octanol–water partition coefficient (Wildman–Crippen LogP) is 3.06. The van der Waals surface area contributed by atoms with Crippen molar-refractivity contribution in [1.29, 1.82) is 0 Å². The summed E-state index contributed by atoms with van der Waals surface area (Å²) < 4.78 is 1.94. The molecule has 122 valence electrons. The van der Waals surface area contributed by atoms with Gasteiger partial charge in [0.2, 0.25) is 5.91 Å². The summed E-state index contributed by atoms with van der Waals surface area (Å²) in [6, 6.07) is 13.7. The Morgan fingerprint density at radius 2 is 2.17 bits per heavy atom. The fourth-order valence-electron chi connectivity index (χ4n) is 2.22. The van der Waals surface area contributed by atoms with Gasteiger partial charge in [-0.2, -0.15) is 0 Å². The van der Waals surface area contributed by atoms with E-state index in [9.17, 15) is 4.79 Å². The van der Waals surface area contributed by atoms with E-state index in [0.29, 0.717) is 6.54 Å². The minimum absolute atomic E-state index is 0.00122. The number of pyridine rings is 1. The lowest BCUT2D eigenvalue weighted by Crippen LogP contribution is -2.30. The molecule has 2 heterocycles. The van der Waals surface area contributed by atoms with Gasteiger partial charge in [0.25, 0.3) is 0 Å². The van der Waals surface area contributed by atoms with Crippen LogP contribution < -0.4 is 5.32 Å². The van der Waals surface area contributed by atoms with E-state index in [2.05, 4.69) is 15.3 Å². The molecule has 1 atom stereocenters. The van der Waals surface area contributed by atoms with E-state index >= 15 is 0 Å². The van der Waals surface area contributed by atoms with Crippen LogP contribution >= 0.6 is 11.8 Å². The van der Waals surface area contributed by atoms with Gasteiger partial charge in [-0.25, -0.2) is 9.97 Å². The molecule has 24 heavy (non-hydrogen) atoms. The smallest absolute Gasteiger partial charge is 0.233 e.